The Kier molecular flexibility index (Phi) is 4.81. The fraction of sp³-hybridized carbons (Fsp3) is 0.130. The van der Waals surface area contributed by atoms with Gasteiger partial charge in [-0.1, -0.05) is 35.9 Å². The normalized spacial score (nSPS) is 10.8. The van der Waals surface area contributed by atoms with Crippen LogP contribution in [0.25, 0.3) is 22.6 Å². The number of ether oxygens (including phenoxy) is 1. The van der Waals surface area contributed by atoms with E-state index in [9.17, 15) is 4.79 Å². The molecule has 0 fully saturated rings. The van der Waals surface area contributed by atoms with Crippen molar-refractivity contribution in [2.24, 2.45) is 0 Å². The van der Waals surface area contributed by atoms with Crippen molar-refractivity contribution in [1.29, 1.82) is 0 Å². The van der Waals surface area contributed by atoms with Gasteiger partial charge < -0.3 is 14.5 Å². The molecule has 28 heavy (non-hydrogen) atoms. The predicted molar refractivity (Wildman–Crippen MR) is 109 cm³/mol. The summed E-state index contributed by atoms with van der Waals surface area (Å²) < 4.78 is 11.4. The molecule has 5 heteroatoms. The first-order valence-corrected chi connectivity index (χ1v) is 9.04. The molecule has 140 valence electrons. The fourth-order valence-corrected chi connectivity index (χ4v) is 2.91. The summed E-state index contributed by atoms with van der Waals surface area (Å²) in [4.78, 5) is 16.7. The summed E-state index contributed by atoms with van der Waals surface area (Å²) in [5.41, 5.74) is 5.20. The monoisotopic (exact) mass is 372 g/mol. The Labute approximate surface area is 163 Å². The van der Waals surface area contributed by atoms with E-state index >= 15 is 0 Å². The second-order valence-electron chi connectivity index (χ2n) is 6.67. The van der Waals surface area contributed by atoms with Crippen molar-refractivity contribution in [1.82, 2.24) is 4.98 Å². The first-order chi connectivity index (χ1) is 13.6. The van der Waals surface area contributed by atoms with Crippen LogP contribution >= 0.6 is 0 Å². The van der Waals surface area contributed by atoms with Gasteiger partial charge in [0.25, 0.3) is 5.91 Å². The van der Waals surface area contributed by atoms with Crippen molar-refractivity contribution in [3.05, 3.63) is 77.9 Å². The highest BCUT2D eigenvalue weighted by Crippen LogP contribution is 2.28. The van der Waals surface area contributed by atoms with Gasteiger partial charge in [-0.2, -0.15) is 0 Å². The number of aryl methyl sites for hydroxylation is 2. The van der Waals surface area contributed by atoms with Crippen LogP contribution in [0.15, 0.2) is 71.1 Å². The summed E-state index contributed by atoms with van der Waals surface area (Å²) in [7, 11) is 0. The number of carbonyl (C=O) groups is 1. The zero-order chi connectivity index (χ0) is 19.5. The largest absolute Gasteiger partial charge is 0.484 e. The molecule has 0 aliphatic heterocycles. The molecular weight excluding hydrogens is 352 g/mol. The SMILES string of the molecule is Cc1ccc(OCC(=O)Nc2ccc3oc(-c4ccccc4C)nc3c2)cc1. The highest BCUT2D eigenvalue weighted by molar-refractivity contribution is 5.94. The average molecular weight is 372 g/mol. The Morgan fingerprint density at radius 2 is 1.82 bits per heavy atom. The van der Waals surface area contributed by atoms with Gasteiger partial charge in [0.1, 0.15) is 11.3 Å². The number of hydrogen-bond acceptors (Lipinski definition) is 4. The summed E-state index contributed by atoms with van der Waals surface area (Å²) in [5, 5.41) is 2.83. The first kappa shape index (κ1) is 17.8. The molecule has 0 atom stereocenters. The Morgan fingerprint density at radius 3 is 2.61 bits per heavy atom. The van der Waals surface area contributed by atoms with E-state index in [1.54, 1.807) is 18.2 Å². The number of amides is 1. The van der Waals surface area contributed by atoms with E-state index in [-0.39, 0.29) is 12.5 Å². The summed E-state index contributed by atoms with van der Waals surface area (Å²) in [5.74, 6) is 0.998. The van der Waals surface area contributed by atoms with Gasteiger partial charge in [0.15, 0.2) is 12.2 Å². The standard InChI is InChI=1S/C23H20N2O3/c1-15-7-10-18(11-8-15)27-14-22(26)24-17-9-12-21-20(13-17)25-23(28-21)19-6-4-3-5-16(19)2/h3-13H,14H2,1-2H3,(H,24,26). The molecule has 1 N–H and O–H groups in total. The van der Waals surface area contributed by atoms with Crippen LogP contribution in [0.4, 0.5) is 5.69 Å². The van der Waals surface area contributed by atoms with E-state index < -0.39 is 0 Å². The Hall–Kier alpha value is -3.60. The minimum absolute atomic E-state index is 0.0611. The van der Waals surface area contributed by atoms with E-state index in [0.29, 0.717) is 28.4 Å². The zero-order valence-corrected chi connectivity index (χ0v) is 15.7. The molecular formula is C23H20N2O3. The topological polar surface area (TPSA) is 64.4 Å². The molecule has 4 rings (SSSR count). The van der Waals surface area contributed by atoms with Crippen molar-refractivity contribution in [2.75, 3.05) is 11.9 Å². The highest BCUT2D eigenvalue weighted by atomic mass is 16.5. The lowest BCUT2D eigenvalue weighted by Crippen LogP contribution is -2.20. The minimum Gasteiger partial charge on any atom is -0.484 e. The molecule has 0 spiro atoms. The Morgan fingerprint density at radius 1 is 1.04 bits per heavy atom. The summed E-state index contributed by atoms with van der Waals surface area (Å²) in [6, 6.07) is 20.9. The zero-order valence-electron chi connectivity index (χ0n) is 15.7. The van der Waals surface area contributed by atoms with Crippen molar-refractivity contribution >= 4 is 22.7 Å². The average Bonchev–Trinajstić information content (AvgIpc) is 3.11. The van der Waals surface area contributed by atoms with Crippen LogP contribution in [-0.4, -0.2) is 17.5 Å². The fourth-order valence-electron chi connectivity index (χ4n) is 2.91. The number of rotatable bonds is 5. The first-order valence-electron chi connectivity index (χ1n) is 9.04. The van der Waals surface area contributed by atoms with Crippen LogP contribution in [0.3, 0.4) is 0 Å². The number of nitrogens with zero attached hydrogens (tertiary/aromatic N) is 1. The van der Waals surface area contributed by atoms with E-state index in [0.717, 1.165) is 16.7 Å². The van der Waals surface area contributed by atoms with Crippen LogP contribution in [0.1, 0.15) is 11.1 Å². The van der Waals surface area contributed by atoms with Gasteiger partial charge in [-0.3, -0.25) is 4.79 Å². The number of fused-ring (bicyclic) bond motifs is 1. The van der Waals surface area contributed by atoms with E-state index in [1.165, 1.54) is 0 Å². The lowest BCUT2D eigenvalue weighted by Gasteiger charge is -2.07. The minimum atomic E-state index is -0.234. The van der Waals surface area contributed by atoms with Gasteiger partial charge in [0.2, 0.25) is 5.89 Å². The summed E-state index contributed by atoms with van der Waals surface area (Å²) >= 11 is 0. The molecule has 0 saturated carbocycles. The third-order valence-corrected chi connectivity index (χ3v) is 4.44. The maximum Gasteiger partial charge on any atom is 0.262 e. The molecule has 1 aromatic heterocycles. The molecule has 0 aliphatic carbocycles. The van der Waals surface area contributed by atoms with Crippen LogP contribution in [-0.2, 0) is 4.79 Å². The van der Waals surface area contributed by atoms with Crippen LogP contribution in [0.5, 0.6) is 5.75 Å². The molecule has 1 amide bonds. The smallest absolute Gasteiger partial charge is 0.262 e. The number of nitrogens with one attached hydrogen (secondary N) is 1. The number of benzene rings is 3. The van der Waals surface area contributed by atoms with Gasteiger partial charge in [0, 0.05) is 11.3 Å². The van der Waals surface area contributed by atoms with Gasteiger partial charge in [-0.05, 0) is 55.8 Å². The van der Waals surface area contributed by atoms with Crippen molar-refractivity contribution in [3.63, 3.8) is 0 Å². The molecule has 0 saturated heterocycles. The summed E-state index contributed by atoms with van der Waals surface area (Å²) in [6.07, 6.45) is 0. The summed E-state index contributed by atoms with van der Waals surface area (Å²) in [6.45, 7) is 3.96. The molecule has 0 bridgehead atoms. The molecule has 0 unspecified atom stereocenters. The maximum absolute atomic E-state index is 12.2. The van der Waals surface area contributed by atoms with Crippen molar-refractivity contribution in [2.45, 2.75) is 13.8 Å². The Balaban J connectivity index is 1.46. The maximum atomic E-state index is 12.2. The highest BCUT2D eigenvalue weighted by Gasteiger charge is 2.11. The molecule has 3 aromatic carbocycles. The lowest BCUT2D eigenvalue weighted by atomic mass is 10.1. The van der Waals surface area contributed by atoms with E-state index in [1.807, 2.05) is 62.4 Å². The van der Waals surface area contributed by atoms with E-state index in [4.69, 9.17) is 9.15 Å². The van der Waals surface area contributed by atoms with Crippen molar-refractivity contribution < 1.29 is 13.9 Å². The second-order valence-corrected chi connectivity index (χ2v) is 6.67. The van der Waals surface area contributed by atoms with Gasteiger partial charge >= 0.3 is 0 Å². The van der Waals surface area contributed by atoms with Crippen molar-refractivity contribution in [3.8, 4) is 17.2 Å². The van der Waals surface area contributed by atoms with Gasteiger partial charge in [0.05, 0.1) is 0 Å². The Bertz CT molecular complexity index is 1130. The van der Waals surface area contributed by atoms with E-state index in [2.05, 4.69) is 10.3 Å². The third-order valence-electron chi connectivity index (χ3n) is 4.44. The molecule has 1 heterocycles. The number of carbonyl (C=O) groups excluding carboxylic acids is 1. The molecule has 0 aliphatic rings. The van der Waals surface area contributed by atoms with Crippen LogP contribution in [0.2, 0.25) is 0 Å². The van der Waals surface area contributed by atoms with Gasteiger partial charge in [-0.15, -0.1) is 0 Å². The second kappa shape index (κ2) is 7.56. The van der Waals surface area contributed by atoms with Gasteiger partial charge in [-0.25, -0.2) is 4.98 Å². The number of aromatic nitrogens is 1. The number of hydrogen-bond donors (Lipinski definition) is 1. The number of oxazole rings is 1. The lowest BCUT2D eigenvalue weighted by molar-refractivity contribution is -0.118. The van der Waals surface area contributed by atoms with Crippen LogP contribution in [0, 0.1) is 13.8 Å². The third kappa shape index (κ3) is 3.88. The van der Waals surface area contributed by atoms with Crippen LogP contribution < -0.4 is 10.1 Å². The molecule has 5 nitrogen and oxygen atoms in total. The molecule has 0 radical (unpaired) electrons. The quantitative estimate of drug-likeness (QED) is 0.527. The molecule has 4 aromatic rings. The number of anilines is 1. The predicted octanol–water partition coefficient (Wildman–Crippen LogP) is 5.13.